The first-order valence-corrected chi connectivity index (χ1v) is 8.44. The van der Waals surface area contributed by atoms with Gasteiger partial charge in [-0.1, -0.05) is 28.4 Å². The first kappa shape index (κ1) is 16.1. The molecule has 0 aliphatic rings. The molecule has 7 heteroatoms. The van der Waals surface area contributed by atoms with E-state index in [1.807, 2.05) is 32.0 Å². The zero-order valence-corrected chi connectivity index (χ0v) is 15.1. The molecule has 0 unspecified atom stereocenters. The molecule has 3 heterocycles. The number of fused-ring (bicyclic) bond motifs is 1. The molecule has 25 heavy (non-hydrogen) atoms. The minimum Gasteiger partial charge on any atom is -0.349 e. The highest BCUT2D eigenvalue weighted by molar-refractivity contribution is 6.39. The number of aromatic amines is 1. The van der Waals surface area contributed by atoms with Crippen LogP contribution in [-0.2, 0) is 5.41 Å². The molecule has 0 aliphatic heterocycles. The Labute approximate surface area is 154 Å². The lowest BCUT2D eigenvalue weighted by molar-refractivity contribution is 0.407. The van der Waals surface area contributed by atoms with E-state index in [9.17, 15) is 0 Å². The Balaban J connectivity index is 1.78. The van der Waals surface area contributed by atoms with Crippen LogP contribution in [0.25, 0.3) is 22.5 Å². The number of aromatic nitrogens is 4. The molecular weight excluding hydrogens is 359 g/mol. The fourth-order valence-electron chi connectivity index (χ4n) is 2.76. The number of hydrogen-bond acceptors (Lipinski definition) is 4. The predicted octanol–water partition coefficient (Wildman–Crippen LogP) is 5.25. The van der Waals surface area contributed by atoms with Crippen LogP contribution < -0.4 is 0 Å². The lowest BCUT2D eigenvalue weighted by atomic mass is 9.84. The van der Waals surface area contributed by atoms with Crippen molar-refractivity contribution in [3.8, 4) is 11.6 Å². The van der Waals surface area contributed by atoms with Crippen molar-refractivity contribution in [1.82, 2.24) is 20.1 Å². The molecule has 4 rings (SSSR count). The molecule has 0 radical (unpaired) electrons. The monoisotopic (exact) mass is 372 g/mol. The Kier molecular flexibility index (Phi) is 3.78. The molecule has 0 spiro atoms. The van der Waals surface area contributed by atoms with Crippen LogP contribution in [0.3, 0.4) is 0 Å². The molecule has 0 amide bonds. The van der Waals surface area contributed by atoms with Gasteiger partial charge >= 0.3 is 0 Å². The fourth-order valence-corrected chi connectivity index (χ4v) is 3.21. The third kappa shape index (κ3) is 2.69. The van der Waals surface area contributed by atoms with Gasteiger partial charge in [0.1, 0.15) is 5.69 Å². The molecule has 1 aromatic carbocycles. The summed E-state index contributed by atoms with van der Waals surface area (Å²) in [6.07, 6.45) is 3.49. The lowest BCUT2D eigenvalue weighted by Crippen LogP contribution is -2.20. The van der Waals surface area contributed by atoms with Crippen molar-refractivity contribution >= 4 is 34.1 Å². The van der Waals surface area contributed by atoms with Gasteiger partial charge < -0.3 is 9.51 Å². The Morgan fingerprint density at radius 3 is 2.60 bits per heavy atom. The number of rotatable bonds is 3. The van der Waals surface area contributed by atoms with Gasteiger partial charge in [-0.25, -0.2) is 0 Å². The van der Waals surface area contributed by atoms with Gasteiger partial charge in [-0.3, -0.25) is 4.98 Å². The topological polar surface area (TPSA) is 67.6 Å². The van der Waals surface area contributed by atoms with E-state index in [4.69, 9.17) is 27.7 Å². The van der Waals surface area contributed by atoms with Gasteiger partial charge in [0.25, 0.3) is 5.89 Å². The van der Waals surface area contributed by atoms with E-state index in [0.29, 0.717) is 27.5 Å². The summed E-state index contributed by atoms with van der Waals surface area (Å²) in [6.45, 7) is 4.06. The molecule has 4 aromatic rings. The van der Waals surface area contributed by atoms with Gasteiger partial charge in [-0.15, -0.1) is 0 Å². The van der Waals surface area contributed by atoms with Crippen LogP contribution in [0.1, 0.15) is 25.2 Å². The molecule has 0 fully saturated rings. The number of pyridine rings is 1. The first-order chi connectivity index (χ1) is 12.0. The molecule has 0 atom stereocenters. The van der Waals surface area contributed by atoms with E-state index < -0.39 is 5.41 Å². The van der Waals surface area contributed by atoms with Crippen LogP contribution in [0.2, 0.25) is 10.0 Å². The molecule has 0 saturated heterocycles. The maximum absolute atomic E-state index is 6.48. The normalized spacial score (nSPS) is 12.0. The second-order valence-electron chi connectivity index (χ2n) is 6.29. The molecule has 5 nitrogen and oxygen atoms in total. The lowest BCUT2D eigenvalue weighted by Gasteiger charge is -2.20. The van der Waals surface area contributed by atoms with Gasteiger partial charge in [0.2, 0.25) is 0 Å². The molecule has 0 saturated carbocycles. The molecule has 1 N–H and O–H groups in total. The van der Waals surface area contributed by atoms with Crippen molar-refractivity contribution in [3.63, 3.8) is 0 Å². The number of H-pyrrole nitrogens is 1. The third-order valence-electron chi connectivity index (χ3n) is 4.30. The van der Waals surface area contributed by atoms with Crippen molar-refractivity contribution < 1.29 is 4.52 Å². The van der Waals surface area contributed by atoms with Crippen molar-refractivity contribution in [2.45, 2.75) is 19.3 Å². The van der Waals surface area contributed by atoms with Gasteiger partial charge in [-0.05, 0) is 49.7 Å². The van der Waals surface area contributed by atoms with Crippen LogP contribution in [0, 0.1) is 0 Å². The van der Waals surface area contributed by atoms with E-state index in [0.717, 1.165) is 16.5 Å². The first-order valence-electron chi connectivity index (χ1n) is 7.68. The predicted molar refractivity (Wildman–Crippen MR) is 98.0 cm³/mol. The Bertz CT molecular complexity index is 1050. The van der Waals surface area contributed by atoms with Crippen LogP contribution in [0.15, 0.2) is 47.2 Å². The summed E-state index contributed by atoms with van der Waals surface area (Å²) >= 11 is 12.5. The van der Waals surface area contributed by atoms with Crippen LogP contribution in [0.5, 0.6) is 0 Å². The summed E-state index contributed by atoms with van der Waals surface area (Å²) in [5.41, 5.74) is 2.07. The van der Waals surface area contributed by atoms with E-state index >= 15 is 0 Å². The van der Waals surface area contributed by atoms with Crippen LogP contribution in [-0.4, -0.2) is 20.1 Å². The summed E-state index contributed by atoms with van der Waals surface area (Å²) < 4.78 is 5.47. The Morgan fingerprint density at radius 1 is 1.08 bits per heavy atom. The molecule has 3 aromatic heterocycles. The summed E-state index contributed by atoms with van der Waals surface area (Å²) in [6, 6.07) is 9.34. The van der Waals surface area contributed by atoms with Gasteiger partial charge in [0.15, 0.2) is 5.82 Å². The highest BCUT2D eigenvalue weighted by Gasteiger charge is 2.30. The average molecular weight is 373 g/mol. The minimum atomic E-state index is -0.424. The van der Waals surface area contributed by atoms with Crippen molar-refractivity contribution in [2.24, 2.45) is 0 Å². The molecular formula is C18H14Cl2N4O. The zero-order chi connectivity index (χ0) is 17.6. The summed E-state index contributed by atoms with van der Waals surface area (Å²) in [5.74, 6) is 0.913. The Hall–Kier alpha value is -2.37. The van der Waals surface area contributed by atoms with E-state index in [1.54, 1.807) is 24.5 Å². The molecule has 0 aliphatic carbocycles. The number of hydrogen-bond donors (Lipinski definition) is 1. The third-order valence-corrected chi connectivity index (χ3v) is 4.93. The summed E-state index contributed by atoms with van der Waals surface area (Å²) in [4.78, 5) is 11.8. The maximum Gasteiger partial charge on any atom is 0.275 e. The second kappa shape index (κ2) is 5.86. The SMILES string of the molecule is CC(C)(c1ccncc1)c1noc(-c2[nH]c3ccc(Cl)cc3c2Cl)n1. The van der Waals surface area contributed by atoms with Crippen molar-refractivity contribution in [3.05, 3.63) is 64.2 Å². The van der Waals surface area contributed by atoms with E-state index in [2.05, 4.69) is 20.1 Å². The smallest absolute Gasteiger partial charge is 0.275 e. The summed E-state index contributed by atoms with van der Waals surface area (Å²) in [5, 5.41) is 6.10. The highest BCUT2D eigenvalue weighted by Crippen LogP contribution is 2.36. The number of halogens is 2. The van der Waals surface area contributed by atoms with Gasteiger partial charge in [-0.2, -0.15) is 4.98 Å². The number of benzene rings is 1. The zero-order valence-electron chi connectivity index (χ0n) is 13.5. The number of nitrogens with one attached hydrogen (secondary N) is 1. The standard InChI is InChI=1S/C18H14Cl2N4O/c1-18(2,10-5-7-21-8-6-10)17-23-16(25-24-17)15-14(20)12-9-11(19)3-4-13(12)22-15/h3-9,22H,1-2H3. The van der Waals surface area contributed by atoms with E-state index in [-0.39, 0.29) is 0 Å². The second-order valence-corrected chi connectivity index (χ2v) is 7.10. The van der Waals surface area contributed by atoms with Crippen molar-refractivity contribution in [2.75, 3.05) is 0 Å². The minimum absolute atomic E-state index is 0.342. The largest absolute Gasteiger partial charge is 0.349 e. The highest BCUT2D eigenvalue weighted by atomic mass is 35.5. The average Bonchev–Trinajstić information content (AvgIpc) is 3.22. The van der Waals surface area contributed by atoms with Crippen molar-refractivity contribution in [1.29, 1.82) is 0 Å². The van der Waals surface area contributed by atoms with Crippen LogP contribution >= 0.6 is 23.2 Å². The maximum atomic E-state index is 6.48. The number of nitrogens with zero attached hydrogens (tertiary/aromatic N) is 3. The van der Waals surface area contributed by atoms with E-state index in [1.165, 1.54) is 0 Å². The molecule has 126 valence electrons. The van der Waals surface area contributed by atoms with Gasteiger partial charge in [0, 0.05) is 28.3 Å². The fraction of sp³-hybridized carbons (Fsp3) is 0.167. The van der Waals surface area contributed by atoms with Crippen LogP contribution in [0.4, 0.5) is 0 Å². The molecule has 0 bridgehead atoms. The van der Waals surface area contributed by atoms with Gasteiger partial charge in [0.05, 0.1) is 10.4 Å². The quantitative estimate of drug-likeness (QED) is 0.533. The summed E-state index contributed by atoms with van der Waals surface area (Å²) in [7, 11) is 0. The Morgan fingerprint density at radius 2 is 1.84 bits per heavy atom.